The summed E-state index contributed by atoms with van der Waals surface area (Å²) in [6.45, 7) is 6.06. The molecular formula is C42H41N3O5S. The van der Waals surface area contributed by atoms with Gasteiger partial charge in [-0.2, -0.15) is 0 Å². The highest BCUT2D eigenvalue weighted by molar-refractivity contribution is 7.84. The van der Waals surface area contributed by atoms with E-state index in [1.165, 1.54) is 0 Å². The van der Waals surface area contributed by atoms with Gasteiger partial charge in [-0.05, 0) is 92.4 Å². The molecule has 0 saturated carbocycles. The molecule has 1 unspecified atom stereocenters. The fourth-order valence-corrected chi connectivity index (χ4v) is 7.58. The quantitative estimate of drug-likeness (QED) is 0.153. The van der Waals surface area contributed by atoms with Gasteiger partial charge in [0, 0.05) is 41.1 Å². The number of carbonyl (C=O) groups excluding carboxylic acids is 1. The third kappa shape index (κ3) is 7.89. The summed E-state index contributed by atoms with van der Waals surface area (Å²) in [6, 6.07) is 32.4. The van der Waals surface area contributed by atoms with Gasteiger partial charge in [0.2, 0.25) is 0 Å². The number of aliphatic hydroxyl groups excluding tert-OH is 1. The zero-order chi connectivity index (χ0) is 36.1. The van der Waals surface area contributed by atoms with E-state index in [9.17, 15) is 14.1 Å². The van der Waals surface area contributed by atoms with Crippen molar-refractivity contribution in [3.05, 3.63) is 131 Å². The lowest BCUT2D eigenvalue weighted by Crippen LogP contribution is -2.36. The highest BCUT2D eigenvalue weighted by Gasteiger charge is 2.40. The molecule has 6 rings (SSSR count). The van der Waals surface area contributed by atoms with Gasteiger partial charge in [0.15, 0.2) is 11.5 Å². The smallest absolute Gasteiger partial charge is 0.274 e. The van der Waals surface area contributed by atoms with Crippen LogP contribution in [0.1, 0.15) is 66.0 Å². The van der Waals surface area contributed by atoms with Crippen LogP contribution in [0.15, 0.2) is 103 Å². The highest BCUT2D eigenvalue weighted by atomic mass is 32.2. The van der Waals surface area contributed by atoms with Crippen molar-refractivity contribution in [3.8, 4) is 45.7 Å². The van der Waals surface area contributed by atoms with Crippen LogP contribution in [0, 0.1) is 11.8 Å². The fourth-order valence-electron chi connectivity index (χ4n) is 6.18. The van der Waals surface area contributed by atoms with Crippen LogP contribution in [0.2, 0.25) is 0 Å². The van der Waals surface area contributed by atoms with Crippen molar-refractivity contribution in [2.75, 3.05) is 26.1 Å². The Morgan fingerprint density at radius 3 is 2.20 bits per heavy atom. The third-order valence-electron chi connectivity index (χ3n) is 8.64. The van der Waals surface area contributed by atoms with Crippen LogP contribution in [-0.4, -0.2) is 50.1 Å². The van der Waals surface area contributed by atoms with Crippen LogP contribution in [0.4, 0.5) is 5.69 Å². The van der Waals surface area contributed by atoms with Gasteiger partial charge < -0.3 is 19.9 Å². The molecule has 0 spiro atoms. The topological polar surface area (TPSA) is 101 Å². The standard InChI is InChI=1S/C42H41N3O5S/c1-42(2,3)51(48)45-27-33-26-35(41(47)43-34-19-17-31(18-20-34)30-11-7-6-8-12-30)44-40(39(33)36(45)22-23-46)32-13-9-10-28(24-32)14-15-29-16-21-37(49-4)38(25-29)50-5/h6-13,16-21,24-26,36,46H,22-23,27H2,1-5H3,(H,43,47)/t36-,51?/m1/s1. The van der Waals surface area contributed by atoms with Gasteiger partial charge in [0.25, 0.3) is 5.91 Å². The molecule has 1 aliphatic rings. The maximum absolute atomic E-state index is 13.8. The van der Waals surface area contributed by atoms with Crippen LogP contribution in [0.5, 0.6) is 11.5 Å². The van der Waals surface area contributed by atoms with Crippen LogP contribution in [0.25, 0.3) is 22.4 Å². The second-order valence-corrected chi connectivity index (χ2v) is 15.4. The van der Waals surface area contributed by atoms with Crippen molar-refractivity contribution in [1.29, 1.82) is 0 Å². The first-order chi connectivity index (χ1) is 24.6. The van der Waals surface area contributed by atoms with Crippen LogP contribution in [-0.2, 0) is 17.5 Å². The number of benzene rings is 4. The summed E-state index contributed by atoms with van der Waals surface area (Å²) in [5, 5.41) is 13.2. The number of aromatic nitrogens is 1. The number of rotatable bonds is 9. The summed E-state index contributed by atoms with van der Waals surface area (Å²) < 4.78 is 26.0. The average molecular weight is 700 g/mol. The summed E-state index contributed by atoms with van der Waals surface area (Å²) >= 11 is 0. The fraction of sp³-hybridized carbons (Fsp3) is 0.238. The summed E-state index contributed by atoms with van der Waals surface area (Å²) in [5.41, 5.74) is 7.59. The van der Waals surface area contributed by atoms with Crippen molar-refractivity contribution < 1.29 is 23.6 Å². The molecule has 0 bridgehead atoms. The molecule has 5 aromatic rings. The molecule has 0 radical (unpaired) electrons. The van der Waals surface area contributed by atoms with E-state index < -0.39 is 15.7 Å². The number of nitrogens with zero attached hydrogens (tertiary/aromatic N) is 2. The van der Waals surface area contributed by atoms with Crippen LogP contribution in [0.3, 0.4) is 0 Å². The molecule has 9 heteroatoms. The molecule has 0 fully saturated rings. The second kappa shape index (κ2) is 15.3. The molecule has 0 aliphatic carbocycles. The minimum atomic E-state index is -1.38. The lowest BCUT2D eigenvalue weighted by molar-refractivity contribution is 0.102. The molecule has 2 heterocycles. The summed E-state index contributed by atoms with van der Waals surface area (Å²) in [5.74, 6) is 7.31. The lowest BCUT2D eigenvalue weighted by Gasteiger charge is -2.30. The Balaban J connectivity index is 1.39. The number of hydrogen-bond donors (Lipinski definition) is 2. The first-order valence-electron chi connectivity index (χ1n) is 16.7. The third-order valence-corrected chi connectivity index (χ3v) is 10.5. The number of pyridine rings is 1. The molecule has 2 atom stereocenters. The predicted octanol–water partition coefficient (Wildman–Crippen LogP) is 7.79. The Kier molecular flexibility index (Phi) is 10.7. The average Bonchev–Trinajstić information content (AvgIpc) is 3.51. The molecular weight excluding hydrogens is 659 g/mol. The number of methoxy groups -OCH3 is 2. The Morgan fingerprint density at radius 2 is 1.53 bits per heavy atom. The van der Waals surface area contributed by atoms with E-state index in [1.54, 1.807) is 20.3 Å². The molecule has 0 saturated heterocycles. The lowest BCUT2D eigenvalue weighted by atomic mass is 9.95. The number of fused-ring (bicyclic) bond motifs is 1. The molecule has 4 aromatic carbocycles. The summed E-state index contributed by atoms with van der Waals surface area (Å²) in [7, 11) is 1.79. The molecule has 1 aliphatic heterocycles. The van der Waals surface area contributed by atoms with Gasteiger partial charge in [-0.15, -0.1) is 0 Å². The number of hydrogen-bond acceptors (Lipinski definition) is 6. The van der Waals surface area contributed by atoms with E-state index in [1.807, 2.05) is 122 Å². The minimum absolute atomic E-state index is 0.0978. The van der Waals surface area contributed by atoms with E-state index in [0.717, 1.165) is 38.9 Å². The van der Waals surface area contributed by atoms with Gasteiger partial charge in [-0.3, -0.25) is 4.79 Å². The molecule has 260 valence electrons. The normalized spacial score (nSPS) is 14.6. The first-order valence-corrected chi connectivity index (χ1v) is 17.8. The zero-order valence-electron chi connectivity index (χ0n) is 29.4. The van der Waals surface area contributed by atoms with Crippen LogP contribution < -0.4 is 14.8 Å². The Bertz CT molecular complexity index is 2130. The summed E-state index contributed by atoms with van der Waals surface area (Å²) in [6.07, 6.45) is 0.363. The Hall–Kier alpha value is -5.27. The largest absolute Gasteiger partial charge is 0.493 e. The second-order valence-electron chi connectivity index (χ2n) is 13.2. The number of nitrogens with one attached hydrogen (secondary N) is 1. The van der Waals surface area contributed by atoms with E-state index in [4.69, 9.17) is 14.5 Å². The van der Waals surface area contributed by atoms with Gasteiger partial charge in [-0.1, -0.05) is 66.4 Å². The molecule has 8 nitrogen and oxygen atoms in total. The molecule has 1 amide bonds. The van der Waals surface area contributed by atoms with E-state index >= 15 is 0 Å². The number of amides is 1. The molecule has 1 aromatic heterocycles. The van der Waals surface area contributed by atoms with Crippen molar-refractivity contribution in [1.82, 2.24) is 9.29 Å². The van der Waals surface area contributed by atoms with Gasteiger partial charge >= 0.3 is 0 Å². The van der Waals surface area contributed by atoms with E-state index in [0.29, 0.717) is 35.8 Å². The van der Waals surface area contributed by atoms with Crippen LogP contribution >= 0.6 is 0 Å². The van der Waals surface area contributed by atoms with Gasteiger partial charge in [0.1, 0.15) is 16.7 Å². The van der Waals surface area contributed by atoms with E-state index in [-0.39, 0.29) is 24.2 Å². The van der Waals surface area contributed by atoms with E-state index in [2.05, 4.69) is 17.2 Å². The minimum Gasteiger partial charge on any atom is -0.493 e. The first kappa shape index (κ1) is 35.6. The molecule has 51 heavy (non-hydrogen) atoms. The zero-order valence-corrected chi connectivity index (χ0v) is 30.2. The number of anilines is 1. The SMILES string of the molecule is COc1ccc(C#Cc2cccc(-c3nc(C(=O)Nc4ccc(-c5ccccc5)cc4)cc4c3[C@@H](CCO)N(S(=O)C(C)(C)C)C4)c2)cc1OC. The van der Waals surface area contributed by atoms with Crippen molar-refractivity contribution >= 4 is 22.6 Å². The van der Waals surface area contributed by atoms with Crippen molar-refractivity contribution in [3.63, 3.8) is 0 Å². The highest BCUT2D eigenvalue weighted by Crippen LogP contribution is 2.44. The Morgan fingerprint density at radius 1 is 0.863 bits per heavy atom. The number of ether oxygens (including phenoxy) is 2. The van der Waals surface area contributed by atoms with Gasteiger partial charge in [-0.25, -0.2) is 13.5 Å². The predicted molar refractivity (Wildman–Crippen MR) is 203 cm³/mol. The summed E-state index contributed by atoms with van der Waals surface area (Å²) in [4.78, 5) is 18.8. The molecule has 2 N–H and O–H groups in total. The number of aliphatic hydroxyl groups is 1. The number of carbonyl (C=O) groups is 1. The van der Waals surface area contributed by atoms with Crippen molar-refractivity contribution in [2.24, 2.45) is 0 Å². The van der Waals surface area contributed by atoms with Crippen molar-refractivity contribution in [2.45, 2.75) is 44.5 Å². The maximum atomic E-state index is 13.8. The van der Waals surface area contributed by atoms with Gasteiger partial charge in [0.05, 0.1) is 30.7 Å². The monoisotopic (exact) mass is 699 g/mol. The Labute approximate surface area is 302 Å². The maximum Gasteiger partial charge on any atom is 0.274 e.